The van der Waals surface area contributed by atoms with Crippen LogP contribution >= 0.6 is 0 Å². The molecule has 0 atom stereocenters. The van der Waals surface area contributed by atoms with E-state index < -0.39 is 0 Å². The van der Waals surface area contributed by atoms with Crippen LogP contribution in [0.15, 0.2) is 186 Å². The highest BCUT2D eigenvalue weighted by Crippen LogP contribution is 2.53. The maximum absolute atomic E-state index is 6.20. The van der Waals surface area contributed by atoms with Gasteiger partial charge in [-0.1, -0.05) is 159 Å². The predicted octanol–water partition coefficient (Wildman–Crippen LogP) is 14.2. The molecule has 0 unspecified atom stereocenters. The van der Waals surface area contributed by atoms with Crippen LogP contribution in [0.3, 0.4) is 0 Å². The first-order valence-corrected chi connectivity index (χ1v) is 19.2. The summed E-state index contributed by atoms with van der Waals surface area (Å²) in [5.74, 6) is 0.699. The van der Waals surface area contributed by atoms with Crippen molar-refractivity contribution < 1.29 is 4.42 Å². The summed E-state index contributed by atoms with van der Waals surface area (Å²) in [6.07, 6.45) is 0. The van der Waals surface area contributed by atoms with Crippen LogP contribution < -0.4 is 0 Å². The van der Waals surface area contributed by atoms with Crippen LogP contribution in [0.25, 0.3) is 100.0 Å². The number of rotatable bonds is 5. The molecule has 1 aliphatic carbocycles. The number of fused-ring (bicyclic) bond motifs is 7. The van der Waals surface area contributed by atoms with Crippen molar-refractivity contribution >= 4 is 32.7 Å². The fraction of sp³-hybridized carbons (Fsp3) is 0.0566. The number of benzene rings is 8. The van der Waals surface area contributed by atoms with Gasteiger partial charge in [0.05, 0.1) is 11.4 Å². The largest absolute Gasteiger partial charge is 0.456 e. The van der Waals surface area contributed by atoms with Gasteiger partial charge in [0.25, 0.3) is 0 Å². The quantitative estimate of drug-likeness (QED) is 0.178. The van der Waals surface area contributed by atoms with Gasteiger partial charge in [0.1, 0.15) is 11.2 Å². The summed E-state index contributed by atoms with van der Waals surface area (Å²) in [7, 11) is 0. The van der Waals surface area contributed by atoms with Crippen molar-refractivity contribution in [1.82, 2.24) is 9.97 Å². The second-order valence-corrected chi connectivity index (χ2v) is 15.4. The Hall–Kier alpha value is -7.10. The molecule has 0 fully saturated rings. The Morgan fingerprint density at radius 3 is 1.88 bits per heavy atom. The molecule has 2 aromatic heterocycles. The summed E-state index contributed by atoms with van der Waals surface area (Å²) < 4.78 is 6.20. The van der Waals surface area contributed by atoms with Gasteiger partial charge >= 0.3 is 0 Å². The summed E-state index contributed by atoms with van der Waals surface area (Å²) >= 11 is 0. The molecule has 264 valence electrons. The maximum atomic E-state index is 6.20. The lowest BCUT2D eigenvalue weighted by Crippen LogP contribution is -2.14. The van der Waals surface area contributed by atoms with Gasteiger partial charge in [-0.2, -0.15) is 0 Å². The van der Waals surface area contributed by atoms with Crippen LogP contribution in [0.4, 0.5) is 0 Å². The smallest absolute Gasteiger partial charge is 0.160 e. The molecule has 3 heteroatoms. The molecular formula is C53H36N2O. The van der Waals surface area contributed by atoms with Gasteiger partial charge in [-0.25, -0.2) is 9.97 Å². The zero-order valence-electron chi connectivity index (χ0n) is 31.1. The SMILES string of the molecule is CC1(C)c2cc3ccccc3cc2-c2c(-c3cccc(-c4cc(-c5ccc(-c6cccc7oc8ccccc8c67)cc5)nc(-c5ccccc5)n4)c3)cccc21. The molecule has 0 bridgehead atoms. The van der Waals surface area contributed by atoms with Crippen molar-refractivity contribution in [2.75, 3.05) is 0 Å². The Kier molecular flexibility index (Phi) is 7.20. The second-order valence-electron chi connectivity index (χ2n) is 15.4. The van der Waals surface area contributed by atoms with Crippen molar-refractivity contribution in [3.63, 3.8) is 0 Å². The number of para-hydroxylation sites is 1. The molecule has 0 aliphatic heterocycles. The van der Waals surface area contributed by atoms with E-state index in [1.165, 1.54) is 44.2 Å². The van der Waals surface area contributed by atoms with Gasteiger partial charge in [0.2, 0.25) is 0 Å². The van der Waals surface area contributed by atoms with Crippen molar-refractivity contribution in [2.45, 2.75) is 19.3 Å². The molecule has 11 rings (SSSR count). The molecule has 1 aliphatic rings. The van der Waals surface area contributed by atoms with E-state index in [0.717, 1.165) is 61.1 Å². The Bertz CT molecular complexity index is 3150. The van der Waals surface area contributed by atoms with E-state index in [9.17, 15) is 0 Å². The average molecular weight is 717 g/mol. The molecule has 0 amide bonds. The highest BCUT2D eigenvalue weighted by molar-refractivity contribution is 6.12. The van der Waals surface area contributed by atoms with Crippen molar-refractivity contribution in [3.8, 4) is 67.3 Å². The molecule has 0 spiro atoms. The molecule has 10 aromatic rings. The van der Waals surface area contributed by atoms with E-state index in [1.54, 1.807) is 0 Å². The average Bonchev–Trinajstić information content (AvgIpc) is 3.75. The minimum atomic E-state index is -0.108. The van der Waals surface area contributed by atoms with Crippen LogP contribution in [0, 0.1) is 0 Å². The molecular weight excluding hydrogens is 681 g/mol. The molecule has 0 N–H and O–H groups in total. The minimum absolute atomic E-state index is 0.108. The lowest BCUT2D eigenvalue weighted by atomic mass is 9.81. The standard InChI is InChI=1S/C53H36N2O/c1-53(2)44-22-11-20-41(50(44)43-30-36-15-6-7-16-37(36)31-45(43)53)38-17-10-18-39(29-38)47-32-46(54-52(55-47)35-13-4-3-5-14-35)34-27-25-33(26-28-34)40-21-12-24-49-51(40)42-19-8-9-23-48(42)56-49/h3-32H,1-2H3. The summed E-state index contributed by atoms with van der Waals surface area (Å²) in [5.41, 5.74) is 16.6. The Labute approximate surface area is 325 Å². The molecule has 8 aromatic carbocycles. The normalized spacial score (nSPS) is 13.0. The third-order valence-electron chi connectivity index (χ3n) is 11.7. The number of hydrogen-bond donors (Lipinski definition) is 0. The Morgan fingerprint density at radius 1 is 0.411 bits per heavy atom. The highest BCUT2D eigenvalue weighted by Gasteiger charge is 2.37. The van der Waals surface area contributed by atoms with E-state index >= 15 is 0 Å². The molecule has 0 radical (unpaired) electrons. The second kappa shape index (κ2) is 12.5. The van der Waals surface area contributed by atoms with Crippen LogP contribution in [-0.2, 0) is 5.41 Å². The van der Waals surface area contributed by atoms with Crippen LogP contribution in [0.5, 0.6) is 0 Å². The fourth-order valence-electron chi connectivity index (χ4n) is 8.85. The van der Waals surface area contributed by atoms with Crippen LogP contribution in [0.1, 0.15) is 25.0 Å². The number of aromatic nitrogens is 2. The zero-order valence-corrected chi connectivity index (χ0v) is 31.1. The third-order valence-corrected chi connectivity index (χ3v) is 11.7. The van der Waals surface area contributed by atoms with E-state index in [2.05, 4.69) is 159 Å². The first-order chi connectivity index (χ1) is 27.5. The van der Waals surface area contributed by atoms with Gasteiger partial charge in [-0.05, 0) is 91.7 Å². The minimum Gasteiger partial charge on any atom is -0.456 e. The Morgan fingerprint density at radius 2 is 1.04 bits per heavy atom. The van der Waals surface area contributed by atoms with Crippen molar-refractivity contribution in [3.05, 3.63) is 193 Å². The van der Waals surface area contributed by atoms with Crippen LogP contribution in [-0.4, -0.2) is 9.97 Å². The van der Waals surface area contributed by atoms with E-state index in [-0.39, 0.29) is 5.41 Å². The first kappa shape index (κ1) is 32.3. The van der Waals surface area contributed by atoms with Crippen molar-refractivity contribution in [2.24, 2.45) is 0 Å². The molecule has 3 nitrogen and oxygen atoms in total. The monoisotopic (exact) mass is 716 g/mol. The third kappa shape index (κ3) is 5.12. The van der Waals surface area contributed by atoms with Gasteiger partial charge < -0.3 is 4.42 Å². The molecule has 0 saturated carbocycles. The van der Waals surface area contributed by atoms with Gasteiger partial charge in [0, 0.05) is 32.9 Å². The first-order valence-electron chi connectivity index (χ1n) is 19.2. The van der Waals surface area contributed by atoms with E-state index in [4.69, 9.17) is 14.4 Å². The maximum Gasteiger partial charge on any atom is 0.160 e. The number of furan rings is 1. The van der Waals surface area contributed by atoms with E-state index in [0.29, 0.717) is 5.82 Å². The van der Waals surface area contributed by atoms with E-state index in [1.807, 2.05) is 36.4 Å². The molecule has 56 heavy (non-hydrogen) atoms. The lowest BCUT2D eigenvalue weighted by Gasteiger charge is -2.22. The highest BCUT2D eigenvalue weighted by atomic mass is 16.3. The lowest BCUT2D eigenvalue weighted by molar-refractivity contribution is 0.661. The zero-order chi connectivity index (χ0) is 37.4. The van der Waals surface area contributed by atoms with Gasteiger partial charge in [-0.15, -0.1) is 0 Å². The fourth-order valence-corrected chi connectivity index (χ4v) is 8.85. The molecule has 2 heterocycles. The van der Waals surface area contributed by atoms with Gasteiger partial charge in [0.15, 0.2) is 5.82 Å². The predicted molar refractivity (Wildman–Crippen MR) is 232 cm³/mol. The summed E-state index contributed by atoms with van der Waals surface area (Å²) in [4.78, 5) is 10.4. The topological polar surface area (TPSA) is 38.9 Å². The Balaban J connectivity index is 1.03. The summed E-state index contributed by atoms with van der Waals surface area (Å²) in [5, 5.41) is 4.80. The summed E-state index contributed by atoms with van der Waals surface area (Å²) in [6, 6.07) is 64.8. The molecule has 0 saturated heterocycles. The summed E-state index contributed by atoms with van der Waals surface area (Å²) in [6.45, 7) is 4.71. The van der Waals surface area contributed by atoms with Gasteiger partial charge in [-0.3, -0.25) is 0 Å². The number of nitrogens with zero attached hydrogens (tertiary/aromatic N) is 2. The van der Waals surface area contributed by atoms with Crippen LogP contribution in [0.2, 0.25) is 0 Å². The van der Waals surface area contributed by atoms with Crippen molar-refractivity contribution in [1.29, 1.82) is 0 Å². The number of hydrogen-bond acceptors (Lipinski definition) is 3.